The van der Waals surface area contributed by atoms with E-state index in [1.165, 1.54) is 37.0 Å². The molecule has 2 aromatic rings. The minimum atomic E-state index is -0.887. The van der Waals surface area contributed by atoms with Crippen molar-refractivity contribution in [2.75, 3.05) is 36.4 Å². The van der Waals surface area contributed by atoms with Crippen molar-refractivity contribution in [3.05, 3.63) is 36.0 Å². The van der Waals surface area contributed by atoms with E-state index in [-0.39, 0.29) is 6.61 Å². The SMILES string of the molecule is O=C(O)N1CCN(c2cc(CO)cc(-c3ccnc(NC4CCCCC4)c3)n2)CC1. The van der Waals surface area contributed by atoms with Gasteiger partial charge in [0.25, 0.3) is 0 Å². The number of nitrogens with one attached hydrogen (secondary N) is 1. The van der Waals surface area contributed by atoms with E-state index >= 15 is 0 Å². The van der Waals surface area contributed by atoms with Gasteiger partial charge in [-0.25, -0.2) is 14.8 Å². The molecule has 1 aliphatic heterocycles. The Morgan fingerprint density at radius 1 is 1.10 bits per heavy atom. The Labute approximate surface area is 176 Å². The fourth-order valence-corrected chi connectivity index (χ4v) is 4.22. The smallest absolute Gasteiger partial charge is 0.407 e. The molecule has 8 nitrogen and oxygen atoms in total. The predicted molar refractivity (Wildman–Crippen MR) is 116 cm³/mol. The van der Waals surface area contributed by atoms with E-state index in [0.29, 0.717) is 32.2 Å². The van der Waals surface area contributed by atoms with Crippen molar-refractivity contribution in [1.29, 1.82) is 0 Å². The van der Waals surface area contributed by atoms with Gasteiger partial charge in [0.15, 0.2) is 0 Å². The van der Waals surface area contributed by atoms with Crippen molar-refractivity contribution in [1.82, 2.24) is 14.9 Å². The Bertz CT molecular complexity index is 877. The van der Waals surface area contributed by atoms with E-state index in [9.17, 15) is 9.90 Å². The van der Waals surface area contributed by atoms with E-state index in [2.05, 4.69) is 15.2 Å². The molecule has 2 aromatic heterocycles. The summed E-state index contributed by atoms with van der Waals surface area (Å²) in [7, 11) is 0. The molecule has 8 heteroatoms. The highest BCUT2D eigenvalue weighted by Crippen LogP contribution is 2.27. The molecule has 4 rings (SSSR count). The average molecular weight is 412 g/mol. The van der Waals surface area contributed by atoms with Gasteiger partial charge < -0.3 is 25.3 Å². The maximum absolute atomic E-state index is 11.2. The van der Waals surface area contributed by atoms with E-state index in [1.807, 2.05) is 24.3 Å². The van der Waals surface area contributed by atoms with Gasteiger partial charge in [0.2, 0.25) is 0 Å². The van der Waals surface area contributed by atoms with Crippen LogP contribution in [0.15, 0.2) is 30.5 Å². The van der Waals surface area contributed by atoms with Gasteiger partial charge in [-0.3, -0.25) is 0 Å². The zero-order valence-electron chi connectivity index (χ0n) is 17.1. The third-order valence-electron chi connectivity index (χ3n) is 5.94. The van der Waals surface area contributed by atoms with Crippen LogP contribution < -0.4 is 10.2 Å². The van der Waals surface area contributed by atoms with E-state index < -0.39 is 6.09 Å². The first-order valence-corrected chi connectivity index (χ1v) is 10.7. The topological polar surface area (TPSA) is 102 Å². The standard InChI is InChI=1S/C22H29N5O3/c28-15-16-12-19(25-21(13-16)26-8-10-27(11-9-26)22(29)30)17-6-7-23-20(14-17)24-18-4-2-1-3-5-18/h6-7,12-14,18,28H,1-5,8-11,15H2,(H,23,24)(H,29,30). The van der Waals surface area contributed by atoms with Gasteiger partial charge in [-0.2, -0.15) is 0 Å². The Morgan fingerprint density at radius 2 is 1.87 bits per heavy atom. The molecule has 1 saturated heterocycles. The van der Waals surface area contributed by atoms with Gasteiger partial charge in [0.05, 0.1) is 12.3 Å². The van der Waals surface area contributed by atoms with Gasteiger partial charge in [-0.15, -0.1) is 0 Å². The lowest BCUT2D eigenvalue weighted by molar-refractivity contribution is 0.142. The first-order valence-electron chi connectivity index (χ1n) is 10.7. The zero-order chi connectivity index (χ0) is 20.9. The molecule has 1 saturated carbocycles. The Morgan fingerprint density at radius 3 is 2.57 bits per heavy atom. The van der Waals surface area contributed by atoms with Crippen molar-refractivity contribution in [2.45, 2.75) is 44.8 Å². The van der Waals surface area contributed by atoms with Crippen LogP contribution in [0.4, 0.5) is 16.4 Å². The quantitative estimate of drug-likeness (QED) is 0.694. The summed E-state index contributed by atoms with van der Waals surface area (Å²) in [4.78, 5) is 24.0. The molecule has 30 heavy (non-hydrogen) atoms. The number of hydrogen-bond acceptors (Lipinski definition) is 6. The molecule has 1 amide bonds. The second kappa shape index (κ2) is 9.30. The predicted octanol–water partition coefficient (Wildman–Crippen LogP) is 3.18. The van der Waals surface area contributed by atoms with Crippen LogP contribution in [0.5, 0.6) is 0 Å². The fraction of sp³-hybridized carbons (Fsp3) is 0.500. The molecular weight excluding hydrogens is 382 g/mol. The second-order valence-corrected chi connectivity index (χ2v) is 8.04. The normalized spacial score (nSPS) is 17.8. The third kappa shape index (κ3) is 4.81. The number of aliphatic hydroxyl groups is 1. The average Bonchev–Trinajstić information content (AvgIpc) is 2.79. The van der Waals surface area contributed by atoms with E-state index in [0.717, 1.165) is 28.5 Å². The highest BCUT2D eigenvalue weighted by atomic mass is 16.4. The lowest BCUT2D eigenvalue weighted by Crippen LogP contribution is -2.48. The molecule has 160 valence electrons. The molecule has 0 atom stereocenters. The van der Waals surface area contributed by atoms with Crippen LogP contribution in [0.2, 0.25) is 0 Å². The Kier molecular flexibility index (Phi) is 6.32. The summed E-state index contributed by atoms with van der Waals surface area (Å²) in [6, 6.07) is 8.20. The lowest BCUT2D eigenvalue weighted by atomic mass is 9.95. The van der Waals surface area contributed by atoms with Crippen LogP contribution in [0, 0.1) is 0 Å². The summed E-state index contributed by atoms with van der Waals surface area (Å²) in [5, 5.41) is 22.5. The number of aromatic nitrogens is 2. The third-order valence-corrected chi connectivity index (χ3v) is 5.94. The molecular formula is C22H29N5O3. The maximum atomic E-state index is 11.2. The Balaban J connectivity index is 1.54. The summed E-state index contributed by atoms with van der Waals surface area (Å²) in [6.07, 6.45) is 7.09. The van der Waals surface area contributed by atoms with Gasteiger partial charge in [0, 0.05) is 44.0 Å². The van der Waals surface area contributed by atoms with Gasteiger partial charge in [0.1, 0.15) is 11.6 Å². The largest absolute Gasteiger partial charge is 0.465 e. The van der Waals surface area contributed by atoms with Gasteiger partial charge >= 0.3 is 6.09 Å². The minimum absolute atomic E-state index is 0.0735. The number of rotatable bonds is 5. The summed E-state index contributed by atoms with van der Waals surface area (Å²) in [5.74, 6) is 1.62. The Hall–Kier alpha value is -2.87. The first kappa shape index (κ1) is 20.4. The minimum Gasteiger partial charge on any atom is -0.465 e. The van der Waals surface area contributed by atoms with Crippen LogP contribution in [0.3, 0.4) is 0 Å². The number of hydrogen-bond donors (Lipinski definition) is 3. The number of anilines is 2. The number of pyridine rings is 2. The molecule has 1 aliphatic carbocycles. The highest BCUT2D eigenvalue weighted by Gasteiger charge is 2.22. The number of carbonyl (C=O) groups is 1. The molecule has 0 spiro atoms. The molecule has 2 fully saturated rings. The van der Waals surface area contributed by atoms with Crippen LogP contribution in [-0.4, -0.2) is 63.4 Å². The maximum Gasteiger partial charge on any atom is 0.407 e. The molecule has 2 aliphatic rings. The lowest BCUT2D eigenvalue weighted by Gasteiger charge is -2.34. The van der Waals surface area contributed by atoms with Crippen molar-refractivity contribution >= 4 is 17.7 Å². The second-order valence-electron chi connectivity index (χ2n) is 8.04. The van der Waals surface area contributed by atoms with Crippen molar-refractivity contribution in [3.63, 3.8) is 0 Å². The van der Waals surface area contributed by atoms with Gasteiger partial charge in [-0.05, 0) is 42.7 Å². The summed E-state index contributed by atoms with van der Waals surface area (Å²) in [5.41, 5.74) is 2.52. The number of aliphatic hydroxyl groups excluding tert-OH is 1. The summed E-state index contributed by atoms with van der Waals surface area (Å²) >= 11 is 0. The summed E-state index contributed by atoms with van der Waals surface area (Å²) < 4.78 is 0. The monoisotopic (exact) mass is 411 g/mol. The number of carboxylic acid groups (broad SMARTS) is 1. The number of piperazine rings is 1. The first-order chi connectivity index (χ1) is 14.6. The molecule has 0 unspecified atom stereocenters. The van der Waals surface area contributed by atoms with E-state index in [4.69, 9.17) is 10.1 Å². The molecule has 0 bridgehead atoms. The van der Waals surface area contributed by atoms with Crippen LogP contribution >= 0.6 is 0 Å². The van der Waals surface area contributed by atoms with Crippen molar-refractivity contribution < 1.29 is 15.0 Å². The number of amides is 1. The van der Waals surface area contributed by atoms with Crippen LogP contribution in [-0.2, 0) is 6.61 Å². The van der Waals surface area contributed by atoms with Crippen LogP contribution in [0.25, 0.3) is 11.3 Å². The van der Waals surface area contributed by atoms with Gasteiger partial charge in [-0.1, -0.05) is 19.3 Å². The molecule has 0 radical (unpaired) electrons. The molecule has 3 N–H and O–H groups in total. The molecule has 0 aromatic carbocycles. The van der Waals surface area contributed by atoms with Crippen LogP contribution in [0.1, 0.15) is 37.7 Å². The highest BCUT2D eigenvalue weighted by molar-refractivity contribution is 5.67. The zero-order valence-corrected chi connectivity index (χ0v) is 17.1. The summed E-state index contributed by atoms with van der Waals surface area (Å²) in [6.45, 7) is 1.98. The molecule has 3 heterocycles. The van der Waals surface area contributed by atoms with Crippen molar-refractivity contribution in [2.24, 2.45) is 0 Å². The van der Waals surface area contributed by atoms with Crippen molar-refractivity contribution in [3.8, 4) is 11.3 Å². The van der Waals surface area contributed by atoms with E-state index in [1.54, 1.807) is 6.20 Å². The number of nitrogens with zero attached hydrogens (tertiary/aromatic N) is 4. The fourth-order valence-electron chi connectivity index (χ4n) is 4.22.